The molecule has 0 bridgehead atoms. The second kappa shape index (κ2) is 63.4. The molecule has 790 valence electrons. The first-order valence-corrected chi connectivity index (χ1v) is 50.8. The highest BCUT2D eigenvalue weighted by Crippen LogP contribution is 2.25. The zero-order valence-electron chi connectivity index (χ0n) is 81.2. The smallest absolute Gasteiger partial charge is 0.303 e. The largest absolute Gasteiger partial charge is 0.481 e. The van der Waals surface area contributed by atoms with Crippen LogP contribution in [-0.4, -0.2) is 277 Å². The predicted molar refractivity (Wildman–Crippen MR) is 521 cm³/mol. The number of ketones is 1. The maximum absolute atomic E-state index is 15.5. The van der Waals surface area contributed by atoms with E-state index < -0.39 is 309 Å². The number of aromatic amines is 2. The Morgan fingerprint density at radius 3 is 1.61 bits per heavy atom. The number of fused-ring (bicyclic) bond motifs is 2. The van der Waals surface area contributed by atoms with Crippen LogP contribution < -0.4 is 91.0 Å². The number of carbonyl (C=O) groups excluding carboxylic acids is 16. The number of carboxylic acids is 3. The molecule has 4 aromatic rings. The number of amides is 15. The number of rotatable bonds is 58. The van der Waals surface area contributed by atoms with Crippen molar-refractivity contribution < 1.29 is 120 Å². The van der Waals surface area contributed by atoms with E-state index in [9.17, 15) is 101 Å². The summed E-state index contributed by atoms with van der Waals surface area (Å²) < 4.78 is 27.8. The number of Topliss-reactive ketones (excluding diaryl/α,β-unsaturated/α-hetero) is 1. The van der Waals surface area contributed by atoms with Crippen molar-refractivity contribution >= 4 is 139 Å². The summed E-state index contributed by atoms with van der Waals surface area (Å²) in [5.74, 6) is -22.0. The Kier molecular flexibility index (Phi) is 52.4. The summed E-state index contributed by atoms with van der Waals surface area (Å²) in [5.41, 5.74) is 18.8. The molecule has 2 aliphatic heterocycles. The van der Waals surface area contributed by atoms with E-state index >= 15 is 19.2 Å². The number of nitrogens with zero attached hydrogens (tertiary/aromatic N) is 2. The van der Waals surface area contributed by atoms with Gasteiger partial charge < -0.3 is 122 Å². The number of guanidine groups is 1. The number of carboxylic acid groups (broad SMARTS) is 3. The van der Waals surface area contributed by atoms with Crippen LogP contribution in [0.1, 0.15) is 255 Å². The summed E-state index contributed by atoms with van der Waals surface area (Å²) in [7, 11) is -4.26. The fraction of sp³-hybridized carbons (Fsp3) is 0.611. The highest BCUT2D eigenvalue weighted by Gasteiger charge is 2.45. The van der Waals surface area contributed by atoms with E-state index in [1.54, 1.807) is 67.7 Å². The number of carbonyl (C=O) groups is 19. The molecule has 13 atom stereocenters. The summed E-state index contributed by atoms with van der Waals surface area (Å²) in [6.07, 6.45) is 7.68. The van der Waals surface area contributed by atoms with Crippen LogP contribution in [0.3, 0.4) is 0 Å². The van der Waals surface area contributed by atoms with Crippen LogP contribution in [0.15, 0.2) is 73.3 Å². The first-order valence-electron chi connectivity index (χ1n) is 49.2. The van der Waals surface area contributed by atoms with Crippen molar-refractivity contribution in [2.75, 3.05) is 31.9 Å². The topological polar surface area (TPSA) is 757 Å². The number of H-pyrrole nitrogens is 2. The van der Waals surface area contributed by atoms with Crippen LogP contribution in [0.5, 0.6) is 0 Å². The number of nitrogens with two attached hydrogens (primary N) is 3. The molecule has 0 unspecified atom stereocenters. The summed E-state index contributed by atoms with van der Waals surface area (Å²) in [4.78, 5) is 276. The standard InChI is InChI=1S/C95H144N22O25S/c1-3-5-7-8-9-10-11-12-13-14-15-16-20-34-79(122)116-143(141,142)48-26-35-78(121)105-68(39-43-80(123)124)86(132)110-70(40-44-81(125)126)88(134)109-69(38-42-77(96)120)89(135)114-75(51-60-54-101-57-104-60)92(138)111-71(41-45-82(127)128)87(133)107-66(30-6-4-2)84(130)112-72-37-36-61(118)55-100-46-24-23-32-65(83(97)129)106-91(137)74(50-59-53-103-64-31-22-21-29-63(59)64)113-85(131)67(33-25-47-102-95(98)99)108-90(136)73(49-58-27-18-17-19-28-58)115-93(139)76-52-62(119)56-117(76)94(72)140/h17-19,21-22,27-29,31,53-54,57,62,65-76,100,103,119H,3-16,20,23-26,30,32-52,55-56H2,1-2H3,(H2,96,120)(H2,97,129)(H,101,104)(H,105,121)(H,106,137)(H,107,133)(H,108,136)(H,109,134)(H,110,132)(H,111,138)(H,112,130)(H,113,131)(H,114,135)(H,115,139)(H,116,122)(H,123,124)(H,125,126)(H,127,128)(H4,98,99,102)/t62-,65+,66+,67+,68+,69+,70+,71+,72+,73-,74+,75+,76+/m1/s1. The normalized spacial score (nSPS) is 18.8. The number of aliphatic hydroxyl groups excluding tert-OH is 1. The van der Waals surface area contributed by atoms with Gasteiger partial charge >= 0.3 is 17.9 Å². The van der Waals surface area contributed by atoms with Gasteiger partial charge in [0.1, 0.15) is 78.3 Å². The van der Waals surface area contributed by atoms with Crippen molar-refractivity contribution in [1.82, 2.24) is 93.7 Å². The van der Waals surface area contributed by atoms with Crippen molar-refractivity contribution in [3.63, 3.8) is 0 Å². The molecule has 0 saturated carbocycles. The minimum Gasteiger partial charge on any atom is -0.481 e. The van der Waals surface area contributed by atoms with E-state index in [-0.39, 0.29) is 89.5 Å². The van der Waals surface area contributed by atoms with Crippen molar-refractivity contribution in [2.45, 2.75) is 336 Å². The van der Waals surface area contributed by atoms with Gasteiger partial charge in [0.25, 0.3) is 0 Å². The average Bonchev–Trinajstić information content (AvgIpc) is 1.59. The molecule has 2 aliphatic rings. The van der Waals surface area contributed by atoms with Crippen molar-refractivity contribution in [1.29, 1.82) is 5.41 Å². The van der Waals surface area contributed by atoms with Gasteiger partial charge in [-0.2, -0.15) is 0 Å². The van der Waals surface area contributed by atoms with E-state index in [1.165, 1.54) is 51.0 Å². The monoisotopic (exact) mass is 2030 g/mol. The first kappa shape index (κ1) is 118. The molecule has 27 N–H and O–H groups in total. The zero-order valence-corrected chi connectivity index (χ0v) is 82.1. The molecule has 2 fully saturated rings. The average molecular weight is 2030 g/mol. The molecule has 0 aliphatic carbocycles. The van der Waals surface area contributed by atoms with E-state index in [0.29, 0.717) is 41.3 Å². The number of sulfonamides is 1. The number of hydrogen-bond acceptors (Lipinski definition) is 25. The first-order chi connectivity index (χ1) is 68.2. The Morgan fingerprint density at radius 2 is 1.04 bits per heavy atom. The van der Waals surface area contributed by atoms with Gasteiger partial charge in [0.2, 0.25) is 98.6 Å². The molecule has 6 rings (SSSR count). The van der Waals surface area contributed by atoms with Crippen LogP contribution in [-0.2, 0) is 120 Å². The molecular formula is C95H144N22O25S. The Balaban J connectivity index is 1.23. The maximum atomic E-state index is 15.5. The molecule has 0 spiro atoms. The number of nitrogens with one attached hydrogen (secondary N) is 17. The molecule has 2 saturated heterocycles. The minimum absolute atomic E-state index is 0.0177. The van der Waals surface area contributed by atoms with Gasteiger partial charge in [0.15, 0.2) is 5.96 Å². The minimum atomic E-state index is -4.26. The third-order valence-corrected chi connectivity index (χ3v) is 25.7. The maximum Gasteiger partial charge on any atom is 0.303 e. The highest BCUT2D eigenvalue weighted by atomic mass is 32.2. The van der Waals surface area contributed by atoms with Gasteiger partial charge in [-0.15, -0.1) is 0 Å². The highest BCUT2D eigenvalue weighted by molar-refractivity contribution is 7.90. The number of benzene rings is 2. The lowest BCUT2D eigenvalue weighted by Crippen LogP contribution is -2.61. The van der Waals surface area contributed by atoms with E-state index in [0.717, 1.165) is 37.0 Å². The summed E-state index contributed by atoms with van der Waals surface area (Å²) in [5, 5.41) is 82.8. The van der Waals surface area contributed by atoms with Gasteiger partial charge in [-0.3, -0.25) is 101 Å². The van der Waals surface area contributed by atoms with Crippen molar-refractivity contribution in [2.24, 2.45) is 17.2 Å². The molecule has 15 amide bonds. The van der Waals surface area contributed by atoms with Crippen LogP contribution in [0.2, 0.25) is 0 Å². The molecular weight excluding hydrogens is 1880 g/mol. The number of unbranched alkanes of at least 4 members (excludes halogenated alkanes) is 13. The number of hydrogen-bond donors (Lipinski definition) is 24. The number of para-hydroxylation sites is 1. The third-order valence-electron chi connectivity index (χ3n) is 24.4. The number of aromatic nitrogens is 3. The molecule has 2 aromatic carbocycles. The molecule has 143 heavy (non-hydrogen) atoms. The van der Waals surface area contributed by atoms with Crippen LogP contribution in [0, 0.1) is 5.41 Å². The fourth-order valence-corrected chi connectivity index (χ4v) is 17.6. The predicted octanol–water partition coefficient (Wildman–Crippen LogP) is -0.158. The second-order valence-corrected chi connectivity index (χ2v) is 38.0. The van der Waals surface area contributed by atoms with E-state index in [1.807, 2.05) is 4.72 Å². The number of imidazole rings is 1. The Morgan fingerprint density at radius 1 is 0.531 bits per heavy atom. The van der Waals surface area contributed by atoms with Gasteiger partial charge in [0.05, 0.1) is 30.4 Å². The van der Waals surface area contributed by atoms with Crippen molar-refractivity contribution in [3.8, 4) is 0 Å². The van der Waals surface area contributed by atoms with Gasteiger partial charge in [-0.1, -0.05) is 152 Å². The molecule has 2 aromatic heterocycles. The molecule has 47 nitrogen and oxygen atoms in total. The zero-order chi connectivity index (χ0) is 105. The van der Waals surface area contributed by atoms with Gasteiger partial charge in [-0.25, -0.2) is 13.4 Å². The lowest BCUT2D eigenvalue weighted by atomic mass is 10.0. The van der Waals surface area contributed by atoms with Crippen LogP contribution >= 0.6 is 0 Å². The fourth-order valence-electron chi connectivity index (χ4n) is 16.5. The summed E-state index contributed by atoms with van der Waals surface area (Å²) in [6, 6.07) is -4.97. The van der Waals surface area contributed by atoms with E-state index in [4.69, 9.17) is 22.6 Å². The van der Waals surface area contributed by atoms with E-state index in [2.05, 4.69) is 91.0 Å². The summed E-state index contributed by atoms with van der Waals surface area (Å²) in [6.45, 7) is 3.16. The SMILES string of the molecule is CCCCCCCCCCCCCCCC(=O)NS(=O)(=O)CCCC(=O)N[C@@H](CCC(=O)O)C(=O)N[C@@H](CCC(=O)O)C(=O)N[C@@H](CCC(N)=O)C(=O)N[C@@H](Cc1c[nH]cn1)C(=O)N[C@@H](CCC(=O)O)C(=O)N[C@@H](CCCC)C(=O)N[C@H]1CCC(=O)CNCCCC[C@@H](C(N)=O)NC(=O)[C@H](Cc2c[nH]c3ccccc23)NC(=O)[C@H](CCCNC(=N)N)NC(=O)[C@@H](Cc2ccccc2)NC(=O)[C@@H]2C[C@@H](O)CN2C1=O. The number of aliphatic hydroxyl groups is 1. The molecule has 48 heteroatoms. The summed E-state index contributed by atoms with van der Waals surface area (Å²) >= 11 is 0. The van der Waals surface area contributed by atoms with Gasteiger partial charge in [0, 0.05) is 107 Å². The van der Waals surface area contributed by atoms with Gasteiger partial charge in [-0.05, 0) is 107 Å². The van der Waals surface area contributed by atoms with Crippen LogP contribution in [0.4, 0.5) is 0 Å². The number of primary amides is 2. The third kappa shape index (κ3) is 45.1. The second-order valence-electron chi connectivity index (χ2n) is 36.2. The lowest BCUT2D eigenvalue weighted by molar-refractivity contribution is -0.143. The Labute approximate surface area is 829 Å². The Hall–Kier alpha value is -13.5. The lowest BCUT2D eigenvalue weighted by Gasteiger charge is -2.31. The molecule has 0 radical (unpaired) electrons. The van der Waals surface area contributed by atoms with Crippen molar-refractivity contribution in [3.05, 3.63) is 90.1 Å². The molecule has 4 heterocycles. The number of aliphatic carboxylic acids is 3. The van der Waals surface area contributed by atoms with Crippen LogP contribution in [0.25, 0.3) is 10.9 Å². The quantitative estimate of drug-likeness (QED) is 0.0155. The Bertz CT molecular complexity index is 5030.